The number of pyridine rings is 1. The first-order valence-electron chi connectivity index (χ1n) is 21.9. The van der Waals surface area contributed by atoms with Crippen molar-refractivity contribution >= 4 is 47.3 Å². The summed E-state index contributed by atoms with van der Waals surface area (Å²) >= 11 is 0. The topological polar surface area (TPSA) is 202 Å². The van der Waals surface area contributed by atoms with Crippen molar-refractivity contribution in [2.24, 2.45) is 16.6 Å². The first kappa shape index (κ1) is 46.8. The van der Waals surface area contributed by atoms with E-state index in [0.717, 1.165) is 74.0 Å². The lowest BCUT2D eigenvalue weighted by Crippen LogP contribution is -2.49. The van der Waals surface area contributed by atoms with Crippen molar-refractivity contribution in [3.63, 3.8) is 0 Å². The molecule has 5 N–H and O–H groups in total. The minimum absolute atomic E-state index is 0.0810. The van der Waals surface area contributed by atoms with Crippen molar-refractivity contribution in [3.8, 4) is 0 Å². The number of nitrogens with one attached hydrogen (secondary N) is 3. The van der Waals surface area contributed by atoms with Gasteiger partial charge in [-0.1, -0.05) is 56.8 Å². The van der Waals surface area contributed by atoms with Crippen LogP contribution in [0, 0.1) is 18.3 Å². The van der Waals surface area contributed by atoms with E-state index in [1.165, 1.54) is 18.5 Å². The second-order valence-electron chi connectivity index (χ2n) is 17.5. The molecule has 16 heteroatoms. The van der Waals surface area contributed by atoms with Crippen LogP contribution in [0.4, 0.5) is 17.2 Å². The van der Waals surface area contributed by atoms with Gasteiger partial charge in [-0.3, -0.25) is 30.0 Å². The zero-order chi connectivity index (χ0) is 45.8. The summed E-state index contributed by atoms with van der Waals surface area (Å²) in [5.41, 5.74) is 12.4. The second kappa shape index (κ2) is 21.6. The van der Waals surface area contributed by atoms with Crippen molar-refractivity contribution in [2.75, 3.05) is 74.1 Å². The SMILES string of the molecule is C=C/C(C(=N)c1ccc(CNC(=O)c2nc(C(C)(C)C)no2)c(C)c1)=C(N)\N=C/Cc1ccc(N2CCN(CC3CCN(c4ccc(N(C)CCC(=O)NC=O)cc4)CC3)CC2)nc1. The Labute approximate surface area is 376 Å². The van der Waals surface area contributed by atoms with Gasteiger partial charge in [0.15, 0.2) is 5.82 Å². The lowest BCUT2D eigenvalue weighted by atomic mass is 9.95. The predicted molar refractivity (Wildman–Crippen MR) is 252 cm³/mol. The number of anilines is 3. The molecular weight excluding hydrogens is 809 g/mol. The summed E-state index contributed by atoms with van der Waals surface area (Å²) in [5, 5.41) is 17.8. The van der Waals surface area contributed by atoms with Gasteiger partial charge in [-0.05, 0) is 78.8 Å². The van der Waals surface area contributed by atoms with Crippen LogP contribution in [-0.4, -0.2) is 110 Å². The van der Waals surface area contributed by atoms with Crippen molar-refractivity contribution in [3.05, 3.63) is 119 Å². The fraction of sp³-hybridized carbons (Fsp3) is 0.417. The molecule has 0 bridgehead atoms. The molecule has 3 amide bonds. The van der Waals surface area contributed by atoms with Gasteiger partial charge in [0.2, 0.25) is 12.3 Å². The highest BCUT2D eigenvalue weighted by Gasteiger charge is 2.26. The van der Waals surface area contributed by atoms with Crippen LogP contribution in [0.15, 0.2) is 94.4 Å². The molecule has 6 rings (SSSR count). The number of allylic oxidation sites excluding steroid dienone is 2. The maximum absolute atomic E-state index is 12.6. The Balaban J connectivity index is 0.912. The molecule has 2 aromatic carbocycles. The third kappa shape index (κ3) is 12.5. The monoisotopic (exact) mass is 871 g/mol. The van der Waals surface area contributed by atoms with Gasteiger partial charge < -0.3 is 30.3 Å². The van der Waals surface area contributed by atoms with Gasteiger partial charge in [-0.15, -0.1) is 0 Å². The highest BCUT2D eigenvalue weighted by Crippen LogP contribution is 2.27. The molecule has 2 aliphatic rings. The molecule has 0 saturated carbocycles. The Morgan fingerprint density at radius 2 is 1.77 bits per heavy atom. The van der Waals surface area contributed by atoms with Crippen LogP contribution in [0.5, 0.6) is 0 Å². The third-order valence-corrected chi connectivity index (χ3v) is 11.9. The van der Waals surface area contributed by atoms with E-state index in [1.807, 2.05) is 64.0 Å². The molecule has 64 heavy (non-hydrogen) atoms. The number of piperazine rings is 1. The van der Waals surface area contributed by atoms with E-state index in [2.05, 4.69) is 83.4 Å². The van der Waals surface area contributed by atoms with Crippen molar-refractivity contribution in [1.82, 2.24) is 30.7 Å². The molecule has 4 heterocycles. The van der Waals surface area contributed by atoms with Gasteiger partial charge in [-0.25, -0.2) is 9.98 Å². The van der Waals surface area contributed by atoms with Crippen LogP contribution in [0.25, 0.3) is 0 Å². The summed E-state index contributed by atoms with van der Waals surface area (Å²) in [6.45, 7) is 19.5. The number of nitrogens with two attached hydrogens (primary N) is 1. The van der Waals surface area contributed by atoms with Gasteiger partial charge in [-0.2, -0.15) is 4.98 Å². The number of aryl methyl sites for hydroxylation is 1. The predicted octanol–water partition coefficient (Wildman–Crippen LogP) is 5.18. The van der Waals surface area contributed by atoms with E-state index >= 15 is 0 Å². The molecule has 2 aliphatic heterocycles. The summed E-state index contributed by atoms with van der Waals surface area (Å²) in [4.78, 5) is 57.6. The van der Waals surface area contributed by atoms with E-state index in [-0.39, 0.29) is 41.7 Å². The number of hydrogen-bond donors (Lipinski definition) is 4. The Bertz CT molecular complexity index is 2320. The van der Waals surface area contributed by atoms with E-state index in [4.69, 9.17) is 20.7 Å². The van der Waals surface area contributed by atoms with E-state index in [9.17, 15) is 14.4 Å². The molecule has 16 nitrogen and oxygen atoms in total. The molecule has 0 atom stereocenters. The molecule has 2 fully saturated rings. The minimum Gasteiger partial charge on any atom is -0.383 e. The zero-order valence-corrected chi connectivity index (χ0v) is 37.8. The molecule has 2 saturated heterocycles. The minimum atomic E-state index is -0.450. The quantitative estimate of drug-likeness (QED) is 0.0581. The maximum Gasteiger partial charge on any atom is 0.315 e. The average Bonchev–Trinajstić information content (AvgIpc) is 3.81. The molecule has 4 aromatic rings. The number of piperidine rings is 1. The first-order chi connectivity index (χ1) is 30.7. The summed E-state index contributed by atoms with van der Waals surface area (Å²) in [7, 11) is 1.95. The van der Waals surface area contributed by atoms with Crippen LogP contribution >= 0.6 is 0 Å². The van der Waals surface area contributed by atoms with Crippen molar-refractivity contribution in [2.45, 2.75) is 65.3 Å². The average molecular weight is 871 g/mol. The van der Waals surface area contributed by atoms with Gasteiger partial charge in [0.05, 0.1) is 5.71 Å². The van der Waals surface area contributed by atoms with Gasteiger partial charge in [0, 0.05) is 119 Å². The second-order valence-corrected chi connectivity index (χ2v) is 17.5. The molecule has 0 radical (unpaired) electrons. The highest BCUT2D eigenvalue weighted by molar-refractivity contribution is 6.12. The summed E-state index contributed by atoms with van der Waals surface area (Å²) in [5.74, 6) is 1.51. The van der Waals surface area contributed by atoms with Gasteiger partial charge in [0.25, 0.3) is 0 Å². The van der Waals surface area contributed by atoms with E-state index in [0.29, 0.717) is 42.3 Å². The van der Waals surface area contributed by atoms with Crippen LogP contribution in [0.3, 0.4) is 0 Å². The van der Waals surface area contributed by atoms with Crippen LogP contribution < -0.4 is 31.1 Å². The number of benzene rings is 2. The van der Waals surface area contributed by atoms with Gasteiger partial charge >= 0.3 is 11.8 Å². The zero-order valence-electron chi connectivity index (χ0n) is 37.8. The van der Waals surface area contributed by atoms with Crippen LogP contribution in [0.1, 0.15) is 78.8 Å². The number of carbonyl (C=O) groups is 3. The molecule has 338 valence electrons. The number of carbonyl (C=O) groups excluding carboxylic acids is 3. The van der Waals surface area contributed by atoms with E-state index in [1.54, 1.807) is 12.3 Å². The molecule has 0 aliphatic carbocycles. The Morgan fingerprint density at radius 1 is 1.03 bits per heavy atom. The number of rotatable bonds is 18. The molecule has 0 spiro atoms. The standard InChI is InChI=1S/C48H62N12O4/c1-7-40(43(49)36-9-10-37(33(2)28-36)30-53-45(63)46-55-47(56-64-46)48(3,4)5)44(50)51-20-16-34-8-15-41(52-29-34)60-26-24-58(25-27-60)31-35-17-22-59(23-18-35)39-13-11-38(12-14-39)57(6)21-19-42(62)54-32-61/h7-15,20,28-29,32,35,49H,1,16-19,21-27,30-31,50H2,2-6H3,(H,53,63)(H,54,61,62)/b44-40+,49-43?,51-20-. The molecule has 0 unspecified atom stereocenters. The Kier molecular flexibility index (Phi) is 15.8. The van der Waals surface area contributed by atoms with Crippen LogP contribution in [0.2, 0.25) is 0 Å². The fourth-order valence-electron chi connectivity index (χ4n) is 7.81. The normalized spacial score (nSPS) is 15.5. The Hall–Kier alpha value is -6.68. The number of imide groups is 1. The summed E-state index contributed by atoms with van der Waals surface area (Å²) in [6, 6.07) is 18.2. The third-order valence-electron chi connectivity index (χ3n) is 11.9. The maximum atomic E-state index is 12.6. The van der Waals surface area contributed by atoms with Crippen molar-refractivity contribution in [1.29, 1.82) is 5.41 Å². The highest BCUT2D eigenvalue weighted by atomic mass is 16.5. The number of aromatic nitrogens is 3. The Morgan fingerprint density at radius 3 is 2.39 bits per heavy atom. The van der Waals surface area contributed by atoms with Crippen molar-refractivity contribution < 1.29 is 18.9 Å². The van der Waals surface area contributed by atoms with E-state index < -0.39 is 5.91 Å². The number of amides is 3. The number of hydrogen-bond acceptors (Lipinski definition) is 14. The smallest absolute Gasteiger partial charge is 0.315 e. The fourth-order valence-corrected chi connectivity index (χ4v) is 7.81. The summed E-state index contributed by atoms with van der Waals surface area (Å²) < 4.78 is 5.15. The largest absolute Gasteiger partial charge is 0.383 e. The summed E-state index contributed by atoms with van der Waals surface area (Å²) in [6.07, 6.45) is 8.73. The lowest BCUT2D eigenvalue weighted by molar-refractivity contribution is -0.125. The molecule has 2 aromatic heterocycles. The van der Waals surface area contributed by atoms with Gasteiger partial charge in [0.1, 0.15) is 11.6 Å². The number of nitrogens with zero attached hydrogens (tertiary/aromatic N) is 8. The number of aliphatic imine (C=N–C) groups is 1. The lowest BCUT2D eigenvalue weighted by Gasteiger charge is -2.39. The molecular formula is C48H62N12O4. The first-order valence-corrected chi connectivity index (χ1v) is 21.9. The van der Waals surface area contributed by atoms with Crippen LogP contribution in [-0.2, 0) is 28.0 Å².